The maximum atomic E-state index is 5.77. The lowest BCUT2D eigenvalue weighted by atomic mass is 10.1. The molecule has 2 heterocycles. The monoisotopic (exact) mass is 358 g/mol. The van der Waals surface area contributed by atoms with E-state index in [1.165, 1.54) is 12.0 Å². The van der Waals surface area contributed by atoms with Gasteiger partial charge in [-0.05, 0) is 57.7 Å². The SMILES string of the molecule is CC(C)(C)NCc1ccc(-n2cc(CCOC3CCCCO3)nn2)cc1. The van der Waals surface area contributed by atoms with E-state index in [0.29, 0.717) is 6.61 Å². The first kappa shape index (κ1) is 19.0. The van der Waals surface area contributed by atoms with E-state index in [1.807, 2.05) is 10.9 Å². The largest absolute Gasteiger partial charge is 0.353 e. The maximum Gasteiger partial charge on any atom is 0.157 e. The number of aromatic nitrogens is 3. The van der Waals surface area contributed by atoms with Crippen LogP contribution in [0.3, 0.4) is 0 Å². The summed E-state index contributed by atoms with van der Waals surface area (Å²) in [5.74, 6) is 0. The Morgan fingerprint density at radius 2 is 2.04 bits per heavy atom. The van der Waals surface area contributed by atoms with Crippen molar-refractivity contribution in [2.24, 2.45) is 0 Å². The molecule has 1 fully saturated rings. The van der Waals surface area contributed by atoms with Gasteiger partial charge in [0.15, 0.2) is 6.29 Å². The number of benzene rings is 1. The van der Waals surface area contributed by atoms with Crippen LogP contribution in [0.2, 0.25) is 0 Å². The second-order valence-corrected chi connectivity index (χ2v) is 7.84. The Morgan fingerprint density at radius 3 is 2.73 bits per heavy atom. The first-order chi connectivity index (χ1) is 12.5. The quantitative estimate of drug-likeness (QED) is 0.823. The molecule has 6 heteroatoms. The van der Waals surface area contributed by atoms with Crippen molar-refractivity contribution in [3.05, 3.63) is 41.7 Å². The zero-order valence-electron chi connectivity index (χ0n) is 16.1. The number of nitrogens with one attached hydrogen (secondary N) is 1. The summed E-state index contributed by atoms with van der Waals surface area (Å²) < 4.78 is 13.2. The molecule has 0 radical (unpaired) electrons. The molecule has 6 nitrogen and oxygen atoms in total. The molecule has 1 aliphatic rings. The molecule has 1 atom stereocenters. The van der Waals surface area contributed by atoms with Crippen LogP contribution in [-0.4, -0.2) is 40.0 Å². The van der Waals surface area contributed by atoms with Gasteiger partial charge in [0.05, 0.1) is 24.2 Å². The molecular weight excluding hydrogens is 328 g/mol. The molecule has 1 aliphatic heterocycles. The Morgan fingerprint density at radius 1 is 1.23 bits per heavy atom. The van der Waals surface area contributed by atoms with E-state index in [9.17, 15) is 0 Å². The topological polar surface area (TPSA) is 61.2 Å². The zero-order chi connectivity index (χ0) is 18.4. The van der Waals surface area contributed by atoms with E-state index in [0.717, 1.165) is 43.8 Å². The lowest BCUT2D eigenvalue weighted by molar-refractivity contribution is -0.161. The molecule has 1 saturated heterocycles. The number of rotatable bonds is 7. The van der Waals surface area contributed by atoms with Crippen molar-refractivity contribution < 1.29 is 9.47 Å². The fraction of sp³-hybridized carbons (Fsp3) is 0.600. The van der Waals surface area contributed by atoms with E-state index in [-0.39, 0.29) is 11.8 Å². The molecule has 0 saturated carbocycles. The van der Waals surface area contributed by atoms with Crippen molar-refractivity contribution in [1.82, 2.24) is 20.3 Å². The maximum absolute atomic E-state index is 5.77. The standard InChI is InChI=1S/C20H30N4O2/c1-20(2,3)21-14-16-7-9-18(10-8-16)24-15-17(22-23-24)11-13-26-19-6-4-5-12-25-19/h7-10,15,19,21H,4-6,11-14H2,1-3H3. The summed E-state index contributed by atoms with van der Waals surface area (Å²) in [5, 5.41) is 12.0. The molecule has 2 aromatic rings. The van der Waals surface area contributed by atoms with Crippen molar-refractivity contribution in [2.75, 3.05) is 13.2 Å². The van der Waals surface area contributed by atoms with Crippen LogP contribution >= 0.6 is 0 Å². The highest BCUT2D eigenvalue weighted by molar-refractivity contribution is 5.33. The molecule has 1 unspecified atom stereocenters. The Balaban J connectivity index is 1.49. The molecule has 26 heavy (non-hydrogen) atoms. The van der Waals surface area contributed by atoms with Crippen LogP contribution in [0.25, 0.3) is 5.69 Å². The highest BCUT2D eigenvalue weighted by Gasteiger charge is 2.14. The summed E-state index contributed by atoms with van der Waals surface area (Å²) in [7, 11) is 0. The lowest BCUT2D eigenvalue weighted by Crippen LogP contribution is -2.35. The molecular formula is C20H30N4O2. The fourth-order valence-electron chi connectivity index (χ4n) is 2.81. The van der Waals surface area contributed by atoms with E-state index in [1.54, 1.807) is 0 Å². The Bertz CT molecular complexity index is 670. The van der Waals surface area contributed by atoms with Crippen LogP contribution in [-0.2, 0) is 22.4 Å². The van der Waals surface area contributed by atoms with E-state index < -0.39 is 0 Å². The predicted octanol–water partition coefficient (Wildman–Crippen LogP) is 3.24. The smallest absolute Gasteiger partial charge is 0.157 e. The molecule has 0 spiro atoms. The van der Waals surface area contributed by atoms with Gasteiger partial charge in [0.1, 0.15) is 0 Å². The van der Waals surface area contributed by atoms with Crippen molar-refractivity contribution >= 4 is 0 Å². The summed E-state index contributed by atoms with van der Waals surface area (Å²) in [6.07, 6.45) is 5.97. The van der Waals surface area contributed by atoms with Gasteiger partial charge in [-0.2, -0.15) is 0 Å². The van der Waals surface area contributed by atoms with Gasteiger partial charge in [-0.1, -0.05) is 17.3 Å². The molecule has 142 valence electrons. The first-order valence-electron chi connectivity index (χ1n) is 9.48. The second-order valence-electron chi connectivity index (χ2n) is 7.84. The third-order valence-corrected chi connectivity index (χ3v) is 4.36. The van der Waals surface area contributed by atoms with Crippen molar-refractivity contribution in [2.45, 2.75) is 64.8 Å². The zero-order valence-corrected chi connectivity index (χ0v) is 16.1. The van der Waals surface area contributed by atoms with Gasteiger partial charge in [0.2, 0.25) is 0 Å². The Labute approximate surface area is 155 Å². The molecule has 0 aliphatic carbocycles. The third-order valence-electron chi connectivity index (χ3n) is 4.36. The van der Waals surface area contributed by atoms with Gasteiger partial charge < -0.3 is 14.8 Å². The van der Waals surface area contributed by atoms with Crippen molar-refractivity contribution in [3.63, 3.8) is 0 Å². The van der Waals surface area contributed by atoms with Crippen LogP contribution in [0.1, 0.15) is 51.3 Å². The molecule has 1 aromatic carbocycles. The first-order valence-corrected chi connectivity index (χ1v) is 9.48. The molecule has 0 bridgehead atoms. The van der Waals surface area contributed by atoms with Gasteiger partial charge in [0, 0.05) is 25.1 Å². The summed E-state index contributed by atoms with van der Waals surface area (Å²) in [6, 6.07) is 8.40. The van der Waals surface area contributed by atoms with E-state index >= 15 is 0 Å². The lowest BCUT2D eigenvalue weighted by Gasteiger charge is -2.22. The average molecular weight is 358 g/mol. The predicted molar refractivity (Wildman–Crippen MR) is 101 cm³/mol. The van der Waals surface area contributed by atoms with Gasteiger partial charge >= 0.3 is 0 Å². The number of hydrogen-bond donors (Lipinski definition) is 1. The highest BCUT2D eigenvalue weighted by Crippen LogP contribution is 2.14. The van der Waals surface area contributed by atoms with E-state index in [2.05, 4.69) is 60.7 Å². The van der Waals surface area contributed by atoms with Crippen molar-refractivity contribution in [1.29, 1.82) is 0 Å². The molecule has 1 N–H and O–H groups in total. The van der Waals surface area contributed by atoms with Gasteiger partial charge in [-0.15, -0.1) is 5.10 Å². The van der Waals surface area contributed by atoms with E-state index in [4.69, 9.17) is 9.47 Å². The Kier molecular flexibility index (Phi) is 6.40. The van der Waals surface area contributed by atoms with Crippen LogP contribution in [0.5, 0.6) is 0 Å². The minimum Gasteiger partial charge on any atom is -0.353 e. The van der Waals surface area contributed by atoms with Crippen LogP contribution in [0.15, 0.2) is 30.5 Å². The molecule has 0 amide bonds. The molecule has 1 aromatic heterocycles. The average Bonchev–Trinajstić information content (AvgIpc) is 3.10. The van der Waals surface area contributed by atoms with Crippen molar-refractivity contribution in [3.8, 4) is 5.69 Å². The highest BCUT2D eigenvalue weighted by atomic mass is 16.7. The second kappa shape index (κ2) is 8.75. The number of hydrogen-bond acceptors (Lipinski definition) is 5. The van der Waals surface area contributed by atoms with Gasteiger partial charge in [0.25, 0.3) is 0 Å². The fourth-order valence-corrected chi connectivity index (χ4v) is 2.81. The normalized spacial score (nSPS) is 18.2. The van der Waals surface area contributed by atoms with Crippen LogP contribution in [0, 0.1) is 0 Å². The minimum atomic E-state index is -0.0481. The Hall–Kier alpha value is -1.76. The summed E-state index contributed by atoms with van der Waals surface area (Å²) in [4.78, 5) is 0. The minimum absolute atomic E-state index is 0.0481. The van der Waals surface area contributed by atoms with Crippen LogP contribution in [0.4, 0.5) is 0 Å². The number of ether oxygens (including phenoxy) is 2. The van der Waals surface area contributed by atoms with Crippen LogP contribution < -0.4 is 5.32 Å². The summed E-state index contributed by atoms with van der Waals surface area (Å²) in [6.45, 7) is 8.78. The summed E-state index contributed by atoms with van der Waals surface area (Å²) in [5.41, 5.74) is 3.31. The third kappa shape index (κ3) is 5.90. The molecule has 3 rings (SSSR count). The summed E-state index contributed by atoms with van der Waals surface area (Å²) >= 11 is 0. The van der Waals surface area contributed by atoms with Gasteiger partial charge in [-0.3, -0.25) is 0 Å². The van der Waals surface area contributed by atoms with Gasteiger partial charge in [-0.25, -0.2) is 4.68 Å². The number of nitrogens with zero attached hydrogens (tertiary/aromatic N) is 3.